The minimum atomic E-state index is -0.819. The third kappa shape index (κ3) is 4.57. The van der Waals surface area contributed by atoms with Crippen LogP contribution in [0.3, 0.4) is 0 Å². The Morgan fingerprint density at radius 1 is 1.00 bits per heavy atom. The predicted molar refractivity (Wildman–Crippen MR) is 138 cm³/mol. The summed E-state index contributed by atoms with van der Waals surface area (Å²) in [4.78, 5) is 17.5. The molecule has 0 radical (unpaired) electrons. The topological polar surface area (TPSA) is 51.2 Å². The van der Waals surface area contributed by atoms with Crippen molar-refractivity contribution in [3.63, 3.8) is 0 Å². The zero-order chi connectivity index (χ0) is 24.7. The number of hydrogen-bond acceptors (Lipinski definition) is 3. The molecule has 4 rings (SSSR count). The quantitative estimate of drug-likeness (QED) is 0.392. The lowest BCUT2D eigenvalue weighted by atomic mass is 9.66. The van der Waals surface area contributed by atoms with Gasteiger partial charge in [-0.2, -0.15) is 0 Å². The van der Waals surface area contributed by atoms with E-state index in [0.29, 0.717) is 27.1 Å². The molecule has 1 aromatic heterocycles. The molecule has 0 bridgehead atoms. The fraction of sp³-hybridized carbons (Fsp3) is 0.333. The number of rotatable bonds is 5. The molecule has 0 saturated carbocycles. The van der Waals surface area contributed by atoms with E-state index in [-0.39, 0.29) is 11.8 Å². The van der Waals surface area contributed by atoms with Gasteiger partial charge in [0.15, 0.2) is 0 Å². The molecule has 1 fully saturated rings. The van der Waals surface area contributed by atoms with Gasteiger partial charge < -0.3 is 10.1 Å². The van der Waals surface area contributed by atoms with Crippen LogP contribution in [-0.4, -0.2) is 27.6 Å². The van der Waals surface area contributed by atoms with E-state index in [0.717, 1.165) is 11.1 Å². The number of aromatic nitrogens is 1. The van der Waals surface area contributed by atoms with Crippen molar-refractivity contribution in [2.24, 2.45) is 0 Å². The van der Waals surface area contributed by atoms with Crippen LogP contribution < -0.4 is 5.32 Å². The van der Waals surface area contributed by atoms with Crippen LogP contribution in [0.15, 0.2) is 67.0 Å². The Labute approximate surface area is 215 Å². The second kappa shape index (κ2) is 9.16. The summed E-state index contributed by atoms with van der Waals surface area (Å²) in [6.07, 6.45) is 3.67. The minimum Gasteiger partial charge on any atom is -0.366 e. The molecule has 4 nitrogen and oxygen atoms in total. The second-order valence-corrected chi connectivity index (χ2v) is 11.0. The average molecular weight is 518 g/mol. The molecule has 3 unspecified atom stereocenters. The molecule has 1 aliphatic rings. The fourth-order valence-corrected chi connectivity index (χ4v) is 5.99. The van der Waals surface area contributed by atoms with Gasteiger partial charge in [0, 0.05) is 39.8 Å². The molecule has 178 valence electrons. The molecule has 3 aromatic rings. The molecule has 34 heavy (non-hydrogen) atoms. The van der Waals surface area contributed by atoms with Gasteiger partial charge in [-0.25, -0.2) is 0 Å². The van der Waals surface area contributed by atoms with Crippen LogP contribution in [0.4, 0.5) is 0 Å². The summed E-state index contributed by atoms with van der Waals surface area (Å²) in [6, 6.07) is 16.7. The summed E-state index contributed by atoms with van der Waals surface area (Å²) in [7, 11) is 0. The number of benzene rings is 2. The summed E-state index contributed by atoms with van der Waals surface area (Å²) in [5.41, 5.74) is 0.155. The highest BCUT2D eigenvalue weighted by molar-refractivity contribution is 6.35. The lowest BCUT2D eigenvalue weighted by molar-refractivity contribution is -0.0922. The molecule has 0 aliphatic carbocycles. The van der Waals surface area contributed by atoms with Crippen LogP contribution in [0.1, 0.15) is 55.1 Å². The largest absolute Gasteiger partial charge is 0.366 e. The number of halogens is 3. The molecule has 2 aromatic carbocycles. The van der Waals surface area contributed by atoms with Gasteiger partial charge in [-0.1, -0.05) is 53.0 Å². The van der Waals surface area contributed by atoms with Crippen molar-refractivity contribution in [1.29, 1.82) is 0 Å². The van der Waals surface area contributed by atoms with Crippen LogP contribution in [0.5, 0.6) is 0 Å². The van der Waals surface area contributed by atoms with E-state index in [1.807, 2.05) is 50.2 Å². The highest BCUT2D eigenvalue weighted by Gasteiger charge is 2.64. The number of carbonyl (C=O) groups excluding carboxylic acids is 1. The summed E-state index contributed by atoms with van der Waals surface area (Å²) in [5, 5.41) is 5.11. The van der Waals surface area contributed by atoms with Gasteiger partial charge in [-0.15, -0.1) is 0 Å². The molecule has 7 heteroatoms. The zero-order valence-corrected chi connectivity index (χ0v) is 21.8. The van der Waals surface area contributed by atoms with Gasteiger partial charge in [0.25, 0.3) is 5.91 Å². The summed E-state index contributed by atoms with van der Waals surface area (Å²) < 4.78 is 6.82. The van der Waals surface area contributed by atoms with Crippen LogP contribution in [-0.2, 0) is 11.2 Å². The average Bonchev–Trinajstić information content (AvgIpc) is 2.92. The van der Waals surface area contributed by atoms with Crippen molar-refractivity contribution in [3.8, 4) is 0 Å². The lowest BCUT2D eigenvalue weighted by Crippen LogP contribution is -2.62. The first-order valence-electron chi connectivity index (χ1n) is 11.1. The van der Waals surface area contributed by atoms with Crippen molar-refractivity contribution in [3.05, 3.63) is 98.7 Å². The molecule has 2 heterocycles. The molecule has 3 atom stereocenters. The first-order chi connectivity index (χ1) is 15.9. The summed E-state index contributed by atoms with van der Waals surface area (Å²) in [5.74, 6) is -0.404. The maximum Gasteiger partial charge on any atom is 0.253 e. The molecular weight excluding hydrogens is 491 g/mol. The van der Waals surface area contributed by atoms with Crippen molar-refractivity contribution in [2.75, 3.05) is 0 Å². The normalized spacial score (nSPS) is 25.8. The Bertz CT molecular complexity index is 1200. The van der Waals surface area contributed by atoms with Gasteiger partial charge >= 0.3 is 0 Å². The summed E-state index contributed by atoms with van der Waals surface area (Å²) in [6.45, 7) is 8.17. The Morgan fingerprint density at radius 2 is 1.68 bits per heavy atom. The van der Waals surface area contributed by atoms with Crippen LogP contribution >= 0.6 is 34.8 Å². The third-order valence-electron chi connectivity index (χ3n) is 6.90. The number of amides is 1. The lowest BCUT2D eigenvalue weighted by Gasteiger charge is -2.44. The van der Waals surface area contributed by atoms with Crippen LogP contribution in [0.2, 0.25) is 15.1 Å². The van der Waals surface area contributed by atoms with Crippen LogP contribution in [0.25, 0.3) is 0 Å². The van der Waals surface area contributed by atoms with Crippen molar-refractivity contribution in [2.45, 2.75) is 56.8 Å². The zero-order valence-electron chi connectivity index (χ0n) is 19.5. The van der Waals surface area contributed by atoms with Gasteiger partial charge in [-0.05, 0) is 75.2 Å². The van der Waals surface area contributed by atoms with E-state index in [2.05, 4.69) is 24.1 Å². The third-order valence-corrected chi connectivity index (χ3v) is 7.74. The fourth-order valence-electron chi connectivity index (χ4n) is 5.39. The van der Waals surface area contributed by atoms with Crippen LogP contribution in [0, 0.1) is 0 Å². The minimum absolute atomic E-state index is 0.186. The maximum absolute atomic E-state index is 13.4. The van der Waals surface area contributed by atoms with E-state index < -0.39 is 16.7 Å². The molecule has 1 N–H and O–H groups in total. The number of carbonyl (C=O) groups is 1. The Balaban J connectivity index is 1.83. The van der Waals surface area contributed by atoms with E-state index in [9.17, 15) is 4.79 Å². The van der Waals surface area contributed by atoms with Gasteiger partial charge in [0.05, 0.1) is 22.3 Å². The monoisotopic (exact) mass is 516 g/mol. The van der Waals surface area contributed by atoms with Crippen molar-refractivity contribution < 1.29 is 9.53 Å². The molecule has 1 saturated heterocycles. The molecule has 0 spiro atoms. The van der Waals surface area contributed by atoms with E-state index in [1.165, 1.54) is 0 Å². The van der Waals surface area contributed by atoms with E-state index >= 15 is 0 Å². The standard InChI is InChI=1S/C27H27Cl3N2O2/c1-25(2)23(17-7-10-20(28)11-8-17)27(4,32-24(33)19-6-5-13-31-16-19)26(3,34-25)15-18-9-12-21(29)14-22(18)30/h5-14,16,23H,15H2,1-4H3,(H,32,33). The Kier molecular flexibility index (Phi) is 6.73. The van der Waals surface area contributed by atoms with Crippen molar-refractivity contribution in [1.82, 2.24) is 10.3 Å². The highest BCUT2D eigenvalue weighted by atomic mass is 35.5. The smallest absolute Gasteiger partial charge is 0.253 e. The maximum atomic E-state index is 13.4. The second-order valence-electron chi connectivity index (χ2n) is 9.73. The van der Waals surface area contributed by atoms with Gasteiger partial charge in [-0.3, -0.25) is 9.78 Å². The summed E-state index contributed by atoms with van der Waals surface area (Å²) >= 11 is 18.9. The Morgan fingerprint density at radius 3 is 2.29 bits per heavy atom. The number of pyridine rings is 1. The highest BCUT2D eigenvalue weighted by Crippen LogP contribution is 2.56. The van der Waals surface area contributed by atoms with Gasteiger partial charge in [0.2, 0.25) is 0 Å². The molecule has 1 aliphatic heterocycles. The number of nitrogens with zero attached hydrogens (tertiary/aromatic N) is 1. The van der Waals surface area contributed by atoms with Crippen molar-refractivity contribution >= 4 is 40.7 Å². The van der Waals surface area contributed by atoms with E-state index in [4.69, 9.17) is 39.5 Å². The Hall–Kier alpha value is -2.11. The molecule has 1 amide bonds. The first-order valence-corrected chi connectivity index (χ1v) is 12.2. The van der Waals surface area contributed by atoms with E-state index in [1.54, 1.807) is 30.6 Å². The van der Waals surface area contributed by atoms with Gasteiger partial charge in [0.1, 0.15) is 0 Å². The predicted octanol–water partition coefficient (Wildman–Crippen LogP) is 7.12. The number of nitrogens with one attached hydrogen (secondary N) is 1. The molecular formula is C27H27Cl3N2O2. The first kappa shape index (κ1) is 25.0. The number of ether oxygens (including phenoxy) is 1. The SMILES string of the molecule is CC1(C)OC(C)(Cc2ccc(Cl)cc2Cl)C(C)(NC(=O)c2cccnc2)C1c1ccc(Cl)cc1. The number of hydrogen-bond donors (Lipinski definition) is 1.